The van der Waals surface area contributed by atoms with Crippen LogP contribution in [0.15, 0.2) is 24.3 Å². The SMILES string of the molecule is CCOC(=O)[C@@H](OCc1cc(OC)c(OC)c(OC)c1)[C@H](OCc1cc(OC)c(OC)c(OC)c1)C(=O)OCC. The van der Waals surface area contributed by atoms with Gasteiger partial charge in [-0.05, 0) is 49.2 Å². The molecule has 2 atom stereocenters. The molecule has 2 rings (SSSR count). The van der Waals surface area contributed by atoms with Crippen molar-refractivity contribution in [1.82, 2.24) is 0 Å². The molecule has 0 heterocycles. The molecule has 0 saturated carbocycles. The Kier molecular flexibility index (Phi) is 13.1. The lowest BCUT2D eigenvalue weighted by Gasteiger charge is -2.25. The van der Waals surface area contributed by atoms with Gasteiger partial charge in [0.05, 0.1) is 69.1 Å². The van der Waals surface area contributed by atoms with Crippen molar-refractivity contribution in [3.05, 3.63) is 35.4 Å². The van der Waals surface area contributed by atoms with Gasteiger partial charge in [-0.2, -0.15) is 0 Å². The fraction of sp³-hybridized carbons (Fsp3) is 0.500. The zero-order valence-electron chi connectivity index (χ0n) is 24.2. The Hall–Kier alpha value is -3.90. The Morgan fingerprint density at radius 3 is 1.07 bits per heavy atom. The lowest BCUT2D eigenvalue weighted by atomic mass is 10.1. The first-order valence-electron chi connectivity index (χ1n) is 12.5. The summed E-state index contributed by atoms with van der Waals surface area (Å²) < 4.78 is 54.6. The van der Waals surface area contributed by atoms with Crippen LogP contribution >= 0.6 is 0 Å². The first-order valence-corrected chi connectivity index (χ1v) is 12.5. The average molecular weight is 567 g/mol. The second-order valence-electron chi connectivity index (χ2n) is 8.03. The molecule has 0 N–H and O–H groups in total. The normalized spacial score (nSPS) is 12.1. The molecule has 0 spiro atoms. The van der Waals surface area contributed by atoms with Crippen LogP contribution in [0.2, 0.25) is 0 Å². The summed E-state index contributed by atoms with van der Waals surface area (Å²) in [6.45, 7) is 3.17. The molecule has 0 radical (unpaired) electrons. The largest absolute Gasteiger partial charge is 0.493 e. The van der Waals surface area contributed by atoms with Crippen LogP contribution in [0, 0.1) is 0 Å². The standard InChI is InChI=1S/C28H38O12/c1-9-37-27(29)25(39-15-17-11-19(31-3)23(35-7)20(12-17)32-4)26(28(30)38-10-2)40-16-18-13-21(33-5)24(36-8)22(14-18)34-6/h11-14,25-26H,9-10,15-16H2,1-8H3/t25-,26-/m0/s1. The number of methoxy groups -OCH3 is 6. The topological polar surface area (TPSA) is 126 Å². The van der Waals surface area contributed by atoms with E-state index < -0.39 is 24.1 Å². The maximum absolute atomic E-state index is 13.0. The Labute approximate surface area is 234 Å². The van der Waals surface area contributed by atoms with Crippen LogP contribution in [-0.4, -0.2) is 80.0 Å². The number of benzene rings is 2. The van der Waals surface area contributed by atoms with Gasteiger partial charge in [-0.25, -0.2) is 9.59 Å². The molecule has 0 amide bonds. The van der Waals surface area contributed by atoms with Crippen molar-refractivity contribution in [1.29, 1.82) is 0 Å². The average Bonchev–Trinajstić information content (AvgIpc) is 2.97. The van der Waals surface area contributed by atoms with Gasteiger partial charge < -0.3 is 47.4 Å². The molecule has 0 aliphatic carbocycles. The maximum Gasteiger partial charge on any atom is 0.338 e. The molecule has 2 aromatic rings. The lowest BCUT2D eigenvalue weighted by molar-refractivity contribution is -0.185. The van der Waals surface area contributed by atoms with E-state index in [9.17, 15) is 9.59 Å². The van der Waals surface area contributed by atoms with E-state index in [0.29, 0.717) is 45.6 Å². The van der Waals surface area contributed by atoms with Gasteiger partial charge in [-0.15, -0.1) is 0 Å². The molecule has 0 bridgehead atoms. The van der Waals surface area contributed by atoms with E-state index in [2.05, 4.69) is 0 Å². The zero-order chi connectivity index (χ0) is 29.7. The van der Waals surface area contributed by atoms with Crippen LogP contribution in [0.4, 0.5) is 0 Å². The van der Waals surface area contributed by atoms with Gasteiger partial charge in [-0.1, -0.05) is 0 Å². The Balaban J connectivity index is 2.40. The van der Waals surface area contributed by atoms with Gasteiger partial charge >= 0.3 is 11.9 Å². The smallest absolute Gasteiger partial charge is 0.338 e. The Morgan fingerprint density at radius 2 is 0.850 bits per heavy atom. The summed E-state index contributed by atoms with van der Waals surface area (Å²) in [5.74, 6) is 0.795. The summed E-state index contributed by atoms with van der Waals surface area (Å²) in [5.41, 5.74) is 1.16. The van der Waals surface area contributed by atoms with E-state index in [0.717, 1.165) is 0 Å². The first kappa shape index (κ1) is 32.3. The first-order chi connectivity index (χ1) is 19.3. The summed E-state index contributed by atoms with van der Waals surface area (Å²) in [6, 6.07) is 6.67. The van der Waals surface area contributed by atoms with Gasteiger partial charge in [0.15, 0.2) is 35.2 Å². The van der Waals surface area contributed by atoms with Crippen LogP contribution < -0.4 is 28.4 Å². The molecule has 0 fully saturated rings. The lowest BCUT2D eigenvalue weighted by Crippen LogP contribution is -2.45. The Bertz CT molecular complexity index is 979. The van der Waals surface area contributed by atoms with Crippen LogP contribution in [0.3, 0.4) is 0 Å². The summed E-state index contributed by atoms with van der Waals surface area (Å²) in [5, 5.41) is 0. The second kappa shape index (κ2) is 16.3. The second-order valence-corrected chi connectivity index (χ2v) is 8.03. The van der Waals surface area contributed by atoms with Gasteiger partial charge in [-0.3, -0.25) is 0 Å². The van der Waals surface area contributed by atoms with Gasteiger partial charge in [0.2, 0.25) is 11.5 Å². The van der Waals surface area contributed by atoms with Crippen molar-refractivity contribution in [2.75, 3.05) is 55.9 Å². The monoisotopic (exact) mass is 566 g/mol. The number of ether oxygens (including phenoxy) is 10. The van der Waals surface area contributed by atoms with E-state index in [4.69, 9.17) is 47.4 Å². The summed E-state index contributed by atoms with van der Waals surface area (Å²) in [6.07, 6.45) is -2.92. The quantitative estimate of drug-likeness (QED) is 0.261. The van der Waals surface area contributed by atoms with E-state index in [-0.39, 0.29) is 26.4 Å². The highest BCUT2D eigenvalue weighted by molar-refractivity contribution is 5.85. The summed E-state index contributed by atoms with van der Waals surface area (Å²) in [7, 11) is 8.91. The molecular formula is C28H38O12. The van der Waals surface area contributed by atoms with Crippen molar-refractivity contribution in [3.63, 3.8) is 0 Å². The molecular weight excluding hydrogens is 528 g/mol. The minimum atomic E-state index is -1.46. The molecule has 12 heteroatoms. The van der Waals surface area contributed by atoms with E-state index >= 15 is 0 Å². The number of hydrogen-bond donors (Lipinski definition) is 0. The highest BCUT2D eigenvalue weighted by Crippen LogP contribution is 2.39. The van der Waals surface area contributed by atoms with Crippen LogP contribution in [0.25, 0.3) is 0 Å². The fourth-order valence-electron chi connectivity index (χ4n) is 3.82. The molecule has 0 unspecified atom stereocenters. The number of esters is 2. The molecule has 0 aromatic heterocycles. The van der Waals surface area contributed by atoms with Crippen LogP contribution in [0.1, 0.15) is 25.0 Å². The third kappa shape index (κ3) is 8.06. The maximum atomic E-state index is 13.0. The number of carbonyl (C=O) groups is 2. The molecule has 222 valence electrons. The van der Waals surface area contributed by atoms with Gasteiger partial charge in [0.25, 0.3) is 0 Å². The molecule has 12 nitrogen and oxygen atoms in total. The number of hydrogen-bond acceptors (Lipinski definition) is 12. The van der Waals surface area contributed by atoms with E-state index in [1.165, 1.54) is 42.7 Å². The number of rotatable bonds is 17. The molecule has 0 saturated heterocycles. The minimum Gasteiger partial charge on any atom is -0.493 e. The minimum absolute atomic E-state index is 0.0608. The van der Waals surface area contributed by atoms with E-state index in [1.54, 1.807) is 38.1 Å². The van der Waals surface area contributed by atoms with Crippen molar-refractivity contribution >= 4 is 11.9 Å². The van der Waals surface area contributed by atoms with Crippen LogP contribution in [-0.2, 0) is 41.8 Å². The highest BCUT2D eigenvalue weighted by atomic mass is 16.6. The fourth-order valence-corrected chi connectivity index (χ4v) is 3.82. The summed E-state index contributed by atoms with van der Waals surface area (Å²) in [4.78, 5) is 26.0. The third-order valence-corrected chi connectivity index (χ3v) is 5.62. The highest BCUT2D eigenvalue weighted by Gasteiger charge is 2.38. The Morgan fingerprint density at radius 1 is 0.550 bits per heavy atom. The molecule has 40 heavy (non-hydrogen) atoms. The van der Waals surface area contributed by atoms with Crippen LogP contribution in [0.5, 0.6) is 34.5 Å². The predicted octanol–water partition coefficient (Wildman–Crippen LogP) is 3.34. The van der Waals surface area contributed by atoms with Crippen molar-refractivity contribution in [2.45, 2.75) is 39.3 Å². The van der Waals surface area contributed by atoms with Gasteiger partial charge in [0.1, 0.15) is 0 Å². The zero-order valence-corrected chi connectivity index (χ0v) is 24.2. The summed E-state index contributed by atoms with van der Waals surface area (Å²) >= 11 is 0. The van der Waals surface area contributed by atoms with Gasteiger partial charge in [0, 0.05) is 0 Å². The molecule has 2 aromatic carbocycles. The third-order valence-electron chi connectivity index (χ3n) is 5.62. The molecule has 0 aliphatic heterocycles. The van der Waals surface area contributed by atoms with Crippen molar-refractivity contribution in [2.24, 2.45) is 0 Å². The van der Waals surface area contributed by atoms with Crippen molar-refractivity contribution in [3.8, 4) is 34.5 Å². The van der Waals surface area contributed by atoms with E-state index in [1.807, 2.05) is 0 Å². The predicted molar refractivity (Wildman–Crippen MR) is 143 cm³/mol. The number of carbonyl (C=O) groups excluding carboxylic acids is 2. The molecule has 0 aliphatic rings. The van der Waals surface area contributed by atoms with Crippen molar-refractivity contribution < 1.29 is 57.0 Å².